The van der Waals surface area contributed by atoms with Gasteiger partial charge in [0.2, 0.25) is 0 Å². The fourth-order valence-corrected chi connectivity index (χ4v) is 78.2. The average molecular weight is 1540 g/mol. The molecule has 6 saturated heterocycles. The molecule has 0 aromatic carbocycles. The number of hydrogen-bond donors (Lipinski definition) is 0. The van der Waals surface area contributed by atoms with Gasteiger partial charge in [-0.1, -0.05) is 152 Å². The van der Waals surface area contributed by atoms with Crippen molar-refractivity contribution >= 4 is 145 Å². The van der Waals surface area contributed by atoms with E-state index in [1.807, 2.05) is 13.1 Å². The molecule has 22 nitrogen and oxygen atoms in total. The Balaban J connectivity index is 2.27. The molecule has 6 aliphatic heterocycles. The SMILES string of the molecule is C=C(C)C(=O)OCCC[Si](C)(C)O[Si]12O[Si]3(O[Si](C)(C)C(C)(C)C)O[Si]4(O[Si](C)(C)C(C)(C)C)O[Si](O[Si](C)(C)C(C)(C)C)(O1)O[Si]1(O[Si](C)(C)C(C)(C)C)O[Si](O[Si](C)(C)C(C)(C)C)(O2)O[Si](O[Si](C)(C)C(C)(C)C)(O3)O[Si](O[Si](C)(C)C(C)(C)C)(O4)O1. The Morgan fingerprint density at radius 3 is 0.584 bits per heavy atom. The molecule has 6 fully saturated rings. The first-order chi connectivity index (χ1) is 38.7. The molecule has 0 radical (unpaired) electrons. The fraction of sp³-hybridized carbons (Fsp3) is 0.941. The lowest BCUT2D eigenvalue weighted by atomic mass is 10.2. The smallest absolute Gasteiger partial charge is 0.462 e. The fourth-order valence-electron chi connectivity index (χ4n) is 7.27. The second kappa shape index (κ2) is 24.6. The van der Waals surface area contributed by atoms with Gasteiger partial charge < -0.3 is 87.0 Å². The molecule has 8 bridgehead atoms. The van der Waals surface area contributed by atoms with Crippen LogP contribution >= 0.6 is 0 Å². The summed E-state index contributed by atoms with van der Waals surface area (Å²) in [7, 11) is -70.7. The third-order valence-electron chi connectivity index (χ3n) is 20.2. The zero-order chi connectivity index (χ0) is 69.6. The predicted molar refractivity (Wildman–Crippen MR) is 381 cm³/mol. The van der Waals surface area contributed by atoms with Gasteiger partial charge in [0.05, 0.1) is 6.61 Å². The second-order valence-corrected chi connectivity index (χ2v) is 96.1. The predicted octanol–water partition coefficient (Wildman–Crippen LogP) is 15.6. The van der Waals surface area contributed by atoms with E-state index in [0.717, 1.165) is 0 Å². The quantitative estimate of drug-likeness (QED) is 0.0452. The van der Waals surface area contributed by atoms with Gasteiger partial charge >= 0.3 is 78.4 Å². The summed E-state index contributed by atoms with van der Waals surface area (Å²) in [5.74, 6) is -0.506. The average Bonchev–Trinajstić information content (AvgIpc) is 0.695. The van der Waals surface area contributed by atoms with Crippen LogP contribution < -0.4 is 0 Å². The van der Waals surface area contributed by atoms with Gasteiger partial charge in [-0.05, 0) is 159 Å². The van der Waals surface area contributed by atoms with Crippen molar-refractivity contribution in [3.63, 3.8) is 0 Å². The van der Waals surface area contributed by atoms with E-state index in [2.05, 4.69) is 244 Å². The number of carbonyl (C=O) groups excluding carboxylic acids is 1. The van der Waals surface area contributed by atoms with Crippen molar-refractivity contribution in [1.82, 2.24) is 0 Å². The first-order valence-corrected chi connectivity index (χ1v) is 68.1. The van der Waals surface area contributed by atoms with Gasteiger partial charge in [0, 0.05) is 5.57 Å². The van der Waals surface area contributed by atoms with E-state index >= 15 is 0 Å². The van der Waals surface area contributed by atoms with Crippen molar-refractivity contribution in [3.8, 4) is 0 Å². The summed E-state index contributed by atoms with van der Waals surface area (Å²) in [4.78, 5) is 12.8. The van der Waals surface area contributed by atoms with Gasteiger partial charge in [-0.25, -0.2) is 4.79 Å². The largest absolute Gasteiger partial charge is 0.651 e. The summed E-state index contributed by atoms with van der Waals surface area (Å²) < 4.78 is 166. The molecule has 0 spiro atoms. The summed E-state index contributed by atoms with van der Waals surface area (Å²) in [6.45, 7) is 82.5. The zero-order valence-electron chi connectivity index (χ0n) is 62.3. The van der Waals surface area contributed by atoms with Crippen LogP contribution in [0.4, 0.5) is 0 Å². The van der Waals surface area contributed by atoms with Crippen LogP contribution in [-0.4, -0.2) is 151 Å². The van der Waals surface area contributed by atoms with Crippen LogP contribution in [0.2, 0.25) is 146 Å². The zero-order valence-corrected chi connectivity index (χ0v) is 78.3. The van der Waals surface area contributed by atoms with Crippen molar-refractivity contribution in [1.29, 1.82) is 0 Å². The van der Waals surface area contributed by atoms with E-state index in [1.165, 1.54) is 0 Å². The molecule has 0 saturated carbocycles. The van der Waals surface area contributed by atoms with Gasteiger partial charge in [0.1, 0.15) is 0 Å². The Morgan fingerprint density at radius 2 is 0.449 bits per heavy atom. The Bertz CT molecular complexity index is 2360. The van der Waals surface area contributed by atoms with E-state index in [-0.39, 0.29) is 12.2 Å². The van der Waals surface area contributed by atoms with E-state index in [9.17, 15) is 4.79 Å². The molecular weight excluding hydrogens is 1410 g/mol. The normalized spacial score (nSPS) is 31.9. The highest BCUT2D eigenvalue weighted by molar-refractivity contribution is 7.05. The highest BCUT2D eigenvalue weighted by Crippen LogP contribution is 2.58. The molecule has 0 aliphatic carbocycles. The Morgan fingerprint density at radius 1 is 0.303 bits per heavy atom. The summed E-state index contributed by atoms with van der Waals surface area (Å²) in [5, 5.41) is -3.96. The Hall–Kier alpha value is 1.88. The van der Waals surface area contributed by atoms with Crippen LogP contribution in [0.25, 0.3) is 0 Å². The monoisotopic (exact) mass is 1530 g/mol. The lowest BCUT2D eigenvalue weighted by Gasteiger charge is -2.62. The minimum Gasteiger partial charge on any atom is -0.462 e. The molecule has 0 unspecified atom stereocenters. The molecule has 0 aromatic rings. The van der Waals surface area contributed by atoms with E-state index < -0.39 is 180 Å². The summed E-state index contributed by atoms with van der Waals surface area (Å²) in [6, 6.07) is 0.362. The van der Waals surface area contributed by atoms with Crippen LogP contribution in [0, 0.1) is 0 Å². The number of esters is 1. The number of ether oxygens (including phenoxy) is 1. The maximum Gasteiger partial charge on any atom is 0.651 e. The maximum absolute atomic E-state index is 12.8. The van der Waals surface area contributed by atoms with Gasteiger partial charge in [-0.2, -0.15) is 0 Å². The minimum atomic E-state index is -5.53. The molecule has 522 valence electrons. The molecule has 6 heterocycles. The molecule has 6 aliphatic rings. The number of hydrogen-bond acceptors (Lipinski definition) is 22. The molecule has 0 amide bonds. The third-order valence-corrected chi connectivity index (χ3v) is 95.6. The van der Waals surface area contributed by atoms with E-state index in [4.69, 9.17) is 87.0 Å². The first kappa shape index (κ1) is 81.6. The summed E-state index contributed by atoms with van der Waals surface area (Å²) >= 11 is 0. The molecule has 0 atom stereocenters. The van der Waals surface area contributed by atoms with Gasteiger partial charge in [-0.15, -0.1) is 0 Å². The highest BCUT2D eigenvalue weighted by atomic mass is 28.7. The van der Waals surface area contributed by atoms with E-state index in [0.29, 0.717) is 12.5 Å². The number of carbonyl (C=O) groups is 1. The van der Waals surface area contributed by atoms with Crippen LogP contribution in [0.15, 0.2) is 12.2 Å². The van der Waals surface area contributed by atoms with Crippen molar-refractivity contribution in [3.05, 3.63) is 12.2 Å². The van der Waals surface area contributed by atoms with Crippen LogP contribution in [0.3, 0.4) is 0 Å². The minimum absolute atomic E-state index is 0.0616. The second-order valence-electron chi connectivity index (χ2n) is 36.1. The van der Waals surface area contributed by atoms with Gasteiger partial charge in [0.25, 0.3) is 0 Å². The van der Waals surface area contributed by atoms with Gasteiger partial charge in [0.15, 0.2) is 66.5 Å². The molecule has 0 aromatic heterocycles. The Kier molecular flexibility index (Phi) is 22.5. The third kappa shape index (κ3) is 17.9. The molecule has 38 heteroatoms. The van der Waals surface area contributed by atoms with Crippen LogP contribution in [0.1, 0.15) is 159 Å². The highest BCUT2D eigenvalue weighted by Gasteiger charge is 2.93. The lowest BCUT2D eigenvalue weighted by molar-refractivity contribution is -0.139. The van der Waals surface area contributed by atoms with E-state index in [1.54, 1.807) is 6.92 Å². The number of rotatable bonds is 21. The standard InChI is InChI=1S/C51H122O22Si16/c1-43(2)44(52)53-41-40-42-74(24,25)54-82-62-83(55-75(26,27)45(3,4)5)65-86(58-78(32,33)48(12,13)14)67-84(63-82,56-76(28,29)46(6,7)8)69-88(60-80(36,37)50(18,19)20)70-85(64-82,57-77(30,31)47(9,10)11)68-87(66-83,59-79(34,35)49(15,16)17)72-89(71-86,73-88)61-81(38,39)51(21,22)23/h1,40-42H2,2-39H3. The first-order valence-electron chi connectivity index (χ1n) is 31.6. The van der Waals surface area contributed by atoms with Crippen molar-refractivity contribution < 1.29 is 91.8 Å². The van der Waals surface area contributed by atoms with Crippen LogP contribution in [0.5, 0.6) is 0 Å². The lowest BCUT2D eigenvalue weighted by Crippen LogP contribution is -2.93. The van der Waals surface area contributed by atoms with Crippen molar-refractivity contribution in [2.24, 2.45) is 0 Å². The topological polar surface area (TPSA) is 211 Å². The summed E-state index contributed by atoms with van der Waals surface area (Å²) in [5.41, 5.74) is 0.281. The van der Waals surface area contributed by atoms with Crippen LogP contribution in [-0.2, 0) is 91.8 Å². The molecule has 89 heavy (non-hydrogen) atoms. The van der Waals surface area contributed by atoms with Crippen molar-refractivity contribution in [2.75, 3.05) is 6.61 Å². The maximum atomic E-state index is 12.8. The van der Waals surface area contributed by atoms with Crippen molar-refractivity contribution in [2.45, 2.75) is 305 Å². The van der Waals surface area contributed by atoms with Gasteiger partial charge in [-0.3, -0.25) is 0 Å². The Labute approximate surface area is 556 Å². The molecule has 0 N–H and O–H groups in total. The summed E-state index contributed by atoms with van der Waals surface area (Å²) in [6.07, 6.45) is 0.366. The molecular formula is C51H122O22Si16. The molecule has 6 rings (SSSR count).